The summed E-state index contributed by atoms with van der Waals surface area (Å²) in [6, 6.07) is 7.04. The minimum Gasteiger partial charge on any atom is -0.370 e. The van der Waals surface area contributed by atoms with Gasteiger partial charge >= 0.3 is 0 Å². The Bertz CT molecular complexity index is 672. The highest BCUT2D eigenvalue weighted by Crippen LogP contribution is 2.49. The SMILES string of the molecule is CCNC(=NCC1(c2ccccc2F)CC1)N1CCCC(CC(N)=O)C1. The molecule has 1 aromatic rings. The molecule has 3 rings (SSSR count). The summed E-state index contributed by atoms with van der Waals surface area (Å²) in [5.41, 5.74) is 5.99. The molecule has 0 spiro atoms. The van der Waals surface area contributed by atoms with E-state index in [-0.39, 0.29) is 23.1 Å². The molecule has 2 fully saturated rings. The van der Waals surface area contributed by atoms with Crippen LogP contribution in [0.2, 0.25) is 0 Å². The van der Waals surface area contributed by atoms with Crippen LogP contribution in [0.15, 0.2) is 29.3 Å². The van der Waals surface area contributed by atoms with E-state index in [0.29, 0.717) is 13.0 Å². The summed E-state index contributed by atoms with van der Waals surface area (Å²) in [5.74, 6) is 0.774. The highest BCUT2D eigenvalue weighted by Gasteiger charge is 2.46. The zero-order valence-corrected chi connectivity index (χ0v) is 15.5. The molecule has 1 atom stereocenters. The summed E-state index contributed by atoms with van der Waals surface area (Å²) in [4.78, 5) is 18.3. The first kappa shape index (κ1) is 18.7. The fourth-order valence-corrected chi connectivity index (χ4v) is 3.92. The fourth-order valence-electron chi connectivity index (χ4n) is 3.92. The number of nitrogens with zero attached hydrogens (tertiary/aromatic N) is 2. The maximum atomic E-state index is 14.2. The molecule has 1 saturated heterocycles. The lowest BCUT2D eigenvalue weighted by atomic mass is 9.94. The molecule has 1 unspecified atom stereocenters. The Morgan fingerprint density at radius 3 is 2.85 bits per heavy atom. The number of likely N-dealkylation sites (tertiary alicyclic amines) is 1. The summed E-state index contributed by atoms with van der Waals surface area (Å²) >= 11 is 0. The number of carbonyl (C=O) groups is 1. The molecule has 1 heterocycles. The monoisotopic (exact) mass is 360 g/mol. The minimum atomic E-state index is -0.240. The Hall–Kier alpha value is -2.11. The maximum absolute atomic E-state index is 14.2. The smallest absolute Gasteiger partial charge is 0.217 e. The largest absolute Gasteiger partial charge is 0.370 e. The standard InChI is InChI=1S/C20H29FN4O/c1-2-23-19(25-11-5-6-15(13-25)12-18(22)26)24-14-20(9-10-20)16-7-3-4-8-17(16)21/h3-4,7-8,15H,2,5-6,9-14H2,1H3,(H2,22,26)(H,23,24). The zero-order chi connectivity index (χ0) is 18.6. The van der Waals surface area contributed by atoms with Gasteiger partial charge in [-0.25, -0.2) is 4.39 Å². The first-order valence-electron chi connectivity index (χ1n) is 9.60. The Balaban J connectivity index is 1.71. The third-order valence-electron chi connectivity index (χ3n) is 5.47. The number of piperidine rings is 1. The van der Waals surface area contributed by atoms with Gasteiger partial charge in [-0.3, -0.25) is 9.79 Å². The van der Waals surface area contributed by atoms with Gasteiger partial charge in [0.15, 0.2) is 5.96 Å². The maximum Gasteiger partial charge on any atom is 0.217 e. The van der Waals surface area contributed by atoms with Gasteiger partial charge in [0.2, 0.25) is 5.91 Å². The van der Waals surface area contributed by atoms with Gasteiger partial charge in [0.25, 0.3) is 0 Å². The summed E-state index contributed by atoms with van der Waals surface area (Å²) in [5, 5.41) is 3.36. The van der Waals surface area contributed by atoms with Crippen molar-refractivity contribution < 1.29 is 9.18 Å². The molecule has 5 nitrogen and oxygen atoms in total. The van der Waals surface area contributed by atoms with Gasteiger partial charge in [-0.1, -0.05) is 18.2 Å². The van der Waals surface area contributed by atoms with E-state index in [1.165, 1.54) is 6.07 Å². The number of carbonyl (C=O) groups excluding carboxylic acids is 1. The summed E-state index contributed by atoms with van der Waals surface area (Å²) in [7, 11) is 0. The number of benzene rings is 1. The van der Waals surface area contributed by atoms with Crippen LogP contribution in [0.3, 0.4) is 0 Å². The fraction of sp³-hybridized carbons (Fsp3) is 0.600. The number of amides is 1. The molecule has 0 bridgehead atoms. The summed E-state index contributed by atoms with van der Waals surface area (Å²) < 4.78 is 14.2. The van der Waals surface area contributed by atoms with E-state index in [1.54, 1.807) is 6.07 Å². The number of rotatable bonds is 6. The molecule has 1 aromatic carbocycles. The van der Waals surface area contributed by atoms with Crippen LogP contribution < -0.4 is 11.1 Å². The zero-order valence-electron chi connectivity index (χ0n) is 15.5. The second kappa shape index (κ2) is 8.06. The van der Waals surface area contributed by atoms with E-state index in [1.807, 2.05) is 19.1 Å². The molecule has 0 radical (unpaired) electrons. The van der Waals surface area contributed by atoms with E-state index in [4.69, 9.17) is 10.7 Å². The Labute approximate surface area is 154 Å². The van der Waals surface area contributed by atoms with Gasteiger partial charge in [0, 0.05) is 31.5 Å². The number of hydrogen-bond donors (Lipinski definition) is 2. The van der Waals surface area contributed by atoms with Crippen molar-refractivity contribution >= 4 is 11.9 Å². The van der Waals surface area contributed by atoms with Crippen LogP contribution >= 0.6 is 0 Å². The number of hydrogen-bond acceptors (Lipinski definition) is 2. The number of guanidine groups is 1. The molecule has 0 aromatic heterocycles. The second-order valence-electron chi connectivity index (χ2n) is 7.56. The molecule has 3 N–H and O–H groups in total. The van der Waals surface area contributed by atoms with Crippen LogP contribution in [0.4, 0.5) is 4.39 Å². The summed E-state index contributed by atoms with van der Waals surface area (Å²) in [6.07, 6.45) is 4.43. The first-order valence-corrected chi connectivity index (χ1v) is 9.60. The number of nitrogens with two attached hydrogens (primary N) is 1. The number of nitrogens with one attached hydrogen (secondary N) is 1. The third kappa shape index (κ3) is 4.34. The molecular formula is C20H29FN4O. The van der Waals surface area contributed by atoms with Crippen molar-refractivity contribution in [1.82, 2.24) is 10.2 Å². The van der Waals surface area contributed by atoms with Gasteiger partial charge in [-0.05, 0) is 50.2 Å². The Morgan fingerprint density at radius 2 is 2.19 bits per heavy atom. The van der Waals surface area contributed by atoms with Gasteiger partial charge in [0.05, 0.1) is 6.54 Å². The minimum absolute atomic E-state index is 0.135. The van der Waals surface area contributed by atoms with Crippen molar-refractivity contribution in [3.8, 4) is 0 Å². The van der Waals surface area contributed by atoms with Crippen molar-refractivity contribution in [3.63, 3.8) is 0 Å². The first-order chi connectivity index (χ1) is 12.5. The Morgan fingerprint density at radius 1 is 1.42 bits per heavy atom. The average molecular weight is 360 g/mol. The van der Waals surface area contributed by atoms with Crippen LogP contribution in [0, 0.1) is 11.7 Å². The van der Waals surface area contributed by atoms with Crippen molar-refractivity contribution in [2.24, 2.45) is 16.6 Å². The van der Waals surface area contributed by atoms with Crippen molar-refractivity contribution in [3.05, 3.63) is 35.6 Å². The Kier molecular flexibility index (Phi) is 5.79. The van der Waals surface area contributed by atoms with Crippen LogP contribution in [0.25, 0.3) is 0 Å². The molecule has 6 heteroatoms. The van der Waals surface area contributed by atoms with Crippen molar-refractivity contribution in [1.29, 1.82) is 0 Å². The number of primary amides is 1. The number of halogens is 1. The van der Waals surface area contributed by atoms with E-state index in [0.717, 1.165) is 56.8 Å². The highest BCUT2D eigenvalue weighted by molar-refractivity contribution is 5.80. The van der Waals surface area contributed by atoms with Crippen LogP contribution in [0.5, 0.6) is 0 Å². The summed E-state index contributed by atoms with van der Waals surface area (Å²) in [6.45, 7) is 5.13. The normalized spacial score (nSPS) is 22.2. The van der Waals surface area contributed by atoms with Gasteiger partial charge in [-0.2, -0.15) is 0 Å². The molecule has 2 aliphatic rings. The average Bonchev–Trinajstić information content (AvgIpc) is 3.39. The van der Waals surface area contributed by atoms with Gasteiger partial charge < -0.3 is 16.0 Å². The van der Waals surface area contributed by atoms with Crippen molar-refractivity contribution in [2.45, 2.75) is 44.4 Å². The van der Waals surface area contributed by atoms with Crippen LogP contribution in [-0.4, -0.2) is 42.9 Å². The topological polar surface area (TPSA) is 70.7 Å². The predicted octanol–water partition coefficient (Wildman–Crippen LogP) is 2.41. The van der Waals surface area contributed by atoms with E-state index in [9.17, 15) is 9.18 Å². The predicted molar refractivity (Wildman–Crippen MR) is 101 cm³/mol. The molecule has 1 aliphatic carbocycles. The lowest BCUT2D eigenvalue weighted by Gasteiger charge is -2.35. The lowest BCUT2D eigenvalue weighted by molar-refractivity contribution is -0.119. The quantitative estimate of drug-likeness (QED) is 0.605. The van der Waals surface area contributed by atoms with Crippen molar-refractivity contribution in [2.75, 3.05) is 26.2 Å². The van der Waals surface area contributed by atoms with E-state index < -0.39 is 0 Å². The molecule has 142 valence electrons. The van der Waals surface area contributed by atoms with Crippen LogP contribution in [0.1, 0.15) is 44.6 Å². The molecule has 1 amide bonds. The highest BCUT2D eigenvalue weighted by atomic mass is 19.1. The van der Waals surface area contributed by atoms with Gasteiger partial charge in [0.1, 0.15) is 5.82 Å². The number of aliphatic imine (C=N–C) groups is 1. The molecular weight excluding hydrogens is 331 g/mol. The third-order valence-corrected chi connectivity index (χ3v) is 5.47. The molecule has 1 aliphatic heterocycles. The van der Waals surface area contributed by atoms with Crippen LogP contribution in [-0.2, 0) is 10.2 Å². The molecule has 1 saturated carbocycles. The van der Waals surface area contributed by atoms with E-state index in [2.05, 4.69) is 10.2 Å². The van der Waals surface area contributed by atoms with Gasteiger partial charge in [-0.15, -0.1) is 0 Å². The lowest BCUT2D eigenvalue weighted by Crippen LogP contribution is -2.47. The van der Waals surface area contributed by atoms with E-state index >= 15 is 0 Å². The molecule has 26 heavy (non-hydrogen) atoms. The second-order valence-corrected chi connectivity index (χ2v) is 7.56.